The van der Waals surface area contributed by atoms with E-state index >= 15 is 0 Å². The second-order valence-electron chi connectivity index (χ2n) is 5.45. The minimum absolute atomic E-state index is 0.198. The summed E-state index contributed by atoms with van der Waals surface area (Å²) < 4.78 is 16.0. The molecule has 1 aliphatic heterocycles. The molecule has 0 amide bonds. The molecule has 0 unspecified atom stereocenters. The normalized spacial score (nSPS) is 15.5. The first kappa shape index (κ1) is 17.0. The minimum Gasteiger partial charge on any atom is -0.493 e. The van der Waals surface area contributed by atoms with E-state index in [-0.39, 0.29) is 5.28 Å². The van der Waals surface area contributed by atoms with E-state index in [0.29, 0.717) is 22.8 Å². The number of aromatic nitrogens is 2. The highest BCUT2D eigenvalue weighted by atomic mass is 35.5. The maximum Gasteiger partial charge on any atom is 0.224 e. The van der Waals surface area contributed by atoms with Crippen LogP contribution in [0.1, 0.15) is 0 Å². The Hall–Kier alpha value is -1.83. The van der Waals surface area contributed by atoms with E-state index < -0.39 is 0 Å². The quantitative estimate of drug-likeness (QED) is 0.798. The Morgan fingerprint density at radius 1 is 1.17 bits per heavy atom. The summed E-state index contributed by atoms with van der Waals surface area (Å²) in [5.41, 5.74) is 0.710. The molecule has 1 fully saturated rings. The highest BCUT2D eigenvalue weighted by Gasteiger charge is 2.14. The standard InChI is InChI=1S/C16H21ClN4O3/c1-22-13-9-11-12(10-14(13)23-2)19-16(17)20-15(11)18-3-4-21-5-7-24-8-6-21/h9-10H,3-8H2,1-2H3,(H,18,19,20). The Labute approximate surface area is 145 Å². The average Bonchev–Trinajstić information content (AvgIpc) is 2.61. The summed E-state index contributed by atoms with van der Waals surface area (Å²) in [6.45, 7) is 5.17. The van der Waals surface area contributed by atoms with Gasteiger partial charge in [-0.1, -0.05) is 0 Å². The lowest BCUT2D eigenvalue weighted by Gasteiger charge is -2.26. The van der Waals surface area contributed by atoms with Crippen molar-refractivity contribution >= 4 is 28.3 Å². The van der Waals surface area contributed by atoms with Crippen molar-refractivity contribution in [2.24, 2.45) is 0 Å². The molecule has 1 aromatic carbocycles. The molecule has 1 aromatic heterocycles. The van der Waals surface area contributed by atoms with Gasteiger partial charge in [0.25, 0.3) is 0 Å². The van der Waals surface area contributed by atoms with E-state index in [1.807, 2.05) is 6.07 Å². The van der Waals surface area contributed by atoms with Gasteiger partial charge in [0, 0.05) is 37.6 Å². The van der Waals surface area contributed by atoms with Crippen molar-refractivity contribution in [1.82, 2.24) is 14.9 Å². The summed E-state index contributed by atoms with van der Waals surface area (Å²) in [6.07, 6.45) is 0. The third-order valence-electron chi connectivity index (χ3n) is 4.00. The molecule has 1 saturated heterocycles. The zero-order chi connectivity index (χ0) is 16.9. The number of nitrogens with zero attached hydrogens (tertiary/aromatic N) is 3. The molecule has 2 aromatic rings. The van der Waals surface area contributed by atoms with Gasteiger partial charge in [-0.05, 0) is 17.7 Å². The van der Waals surface area contributed by atoms with Crippen molar-refractivity contribution in [3.63, 3.8) is 0 Å². The molecule has 7 nitrogen and oxygen atoms in total. The molecule has 0 aliphatic carbocycles. The van der Waals surface area contributed by atoms with Gasteiger partial charge in [-0.2, -0.15) is 0 Å². The molecule has 2 heterocycles. The third kappa shape index (κ3) is 3.80. The van der Waals surface area contributed by atoms with Crippen LogP contribution in [0, 0.1) is 0 Å². The molecule has 1 aliphatic rings. The van der Waals surface area contributed by atoms with Crippen LogP contribution >= 0.6 is 11.6 Å². The van der Waals surface area contributed by atoms with E-state index in [1.54, 1.807) is 20.3 Å². The summed E-state index contributed by atoms with van der Waals surface area (Å²) in [5.74, 6) is 1.94. The SMILES string of the molecule is COc1cc2nc(Cl)nc(NCCN3CCOCC3)c2cc1OC. The molecule has 3 rings (SSSR count). The first-order valence-electron chi connectivity index (χ1n) is 7.84. The fraction of sp³-hybridized carbons (Fsp3) is 0.500. The minimum atomic E-state index is 0.198. The number of ether oxygens (including phenoxy) is 3. The Morgan fingerprint density at radius 2 is 1.88 bits per heavy atom. The van der Waals surface area contributed by atoms with Crippen LogP contribution in [0.15, 0.2) is 12.1 Å². The van der Waals surface area contributed by atoms with Gasteiger partial charge in [0.1, 0.15) is 5.82 Å². The molecular formula is C16H21ClN4O3. The molecule has 24 heavy (non-hydrogen) atoms. The zero-order valence-corrected chi connectivity index (χ0v) is 14.6. The smallest absolute Gasteiger partial charge is 0.224 e. The molecule has 0 atom stereocenters. The van der Waals surface area contributed by atoms with E-state index in [4.69, 9.17) is 25.8 Å². The molecule has 1 N–H and O–H groups in total. The molecule has 0 radical (unpaired) electrons. The van der Waals surface area contributed by atoms with Crippen LogP contribution in [-0.4, -0.2) is 68.5 Å². The molecule has 130 valence electrons. The van der Waals surface area contributed by atoms with Crippen LogP contribution in [0.3, 0.4) is 0 Å². The van der Waals surface area contributed by atoms with E-state index in [2.05, 4.69) is 20.2 Å². The number of methoxy groups -OCH3 is 2. The number of halogens is 1. The third-order valence-corrected chi connectivity index (χ3v) is 4.17. The van der Waals surface area contributed by atoms with Crippen molar-refractivity contribution in [1.29, 1.82) is 0 Å². The summed E-state index contributed by atoms with van der Waals surface area (Å²) >= 11 is 6.06. The second kappa shape index (κ2) is 7.83. The van der Waals surface area contributed by atoms with Crippen LogP contribution in [0.4, 0.5) is 5.82 Å². The van der Waals surface area contributed by atoms with Crippen molar-refractivity contribution in [2.75, 3.05) is 58.9 Å². The van der Waals surface area contributed by atoms with Gasteiger partial charge < -0.3 is 19.5 Å². The lowest BCUT2D eigenvalue weighted by molar-refractivity contribution is 0.0398. The zero-order valence-electron chi connectivity index (χ0n) is 13.8. The van der Waals surface area contributed by atoms with Gasteiger partial charge in [0.2, 0.25) is 5.28 Å². The van der Waals surface area contributed by atoms with Crippen molar-refractivity contribution in [3.8, 4) is 11.5 Å². The van der Waals surface area contributed by atoms with Gasteiger partial charge in [0.15, 0.2) is 11.5 Å². The summed E-state index contributed by atoms with van der Waals surface area (Å²) in [4.78, 5) is 10.9. The first-order chi connectivity index (χ1) is 11.7. The van der Waals surface area contributed by atoms with Gasteiger partial charge >= 0.3 is 0 Å². The topological polar surface area (TPSA) is 68.7 Å². The Kier molecular flexibility index (Phi) is 5.55. The largest absolute Gasteiger partial charge is 0.493 e. The van der Waals surface area contributed by atoms with Gasteiger partial charge in [-0.3, -0.25) is 4.90 Å². The maximum absolute atomic E-state index is 6.06. The number of anilines is 1. The predicted molar refractivity (Wildman–Crippen MR) is 93.4 cm³/mol. The second-order valence-corrected chi connectivity index (χ2v) is 5.78. The number of nitrogens with one attached hydrogen (secondary N) is 1. The fourth-order valence-electron chi connectivity index (χ4n) is 2.72. The fourth-order valence-corrected chi connectivity index (χ4v) is 2.89. The highest BCUT2D eigenvalue weighted by Crippen LogP contribution is 2.34. The maximum atomic E-state index is 6.06. The Morgan fingerprint density at radius 3 is 2.58 bits per heavy atom. The lowest BCUT2D eigenvalue weighted by Crippen LogP contribution is -2.39. The van der Waals surface area contributed by atoms with Crippen molar-refractivity contribution in [2.45, 2.75) is 0 Å². The van der Waals surface area contributed by atoms with E-state index in [9.17, 15) is 0 Å². The number of hydrogen-bond acceptors (Lipinski definition) is 7. The van der Waals surface area contributed by atoms with Gasteiger partial charge in [-0.25, -0.2) is 9.97 Å². The van der Waals surface area contributed by atoms with Gasteiger partial charge in [0.05, 0.1) is 33.0 Å². The van der Waals surface area contributed by atoms with E-state index in [0.717, 1.165) is 44.8 Å². The van der Waals surface area contributed by atoms with Crippen molar-refractivity contribution < 1.29 is 14.2 Å². The molecule has 0 spiro atoms. The molecular weight excluding hydrogens is 332 g/mol. The predicted octanol–water partition coefficient (Wildman–Crippen LogP) is 2.04. The van der Waals surface area contributed by atoms with Crippen LogP contribution in [0.5, 0.6) is 11.5 Å². The van der Waals surface area contributed by atoms with Crippen LogP contribution < -0.4 is 14.8 Å². The first-order valence-corrected chi connectivity index (χ1v) is 8.22. The van der Waals surface area contributed by atoms with Crippen molar-refractivity contribution in [3.05, 3.63) is 17.4 Å². The molecule has 0 bridgehead atoms. The number of benzene rings is 1. The average molecular weight is 353 g/mol. The summed E-state index contributed by atoms with van der Waals surface area (Å²) in [6, 6.07) is 3.66. The molecule has 0 saturated carbocycles. The van der Waals surface area contributed by atoms with Crippen LogP contribution in [-0.2, 0) is 4.74 Å². The monoisotopic (exact) mass is 352 g/mol. The Bertz CT molecular complexity index is 707. The molecule has 8 heteroatoms. The summed E-state index contributed by atoms with van der Waals surface area (Å²) in [7, 11) is 3.19. The highest BCUT2D eigenvalue weighted by molar-refractivity contribution is 6.28. The lowest BCUT2D eigenvalue weighted by atomic mass is 10.2. The number of fused-ring (bicyclic) bond motifs is 1. The summed E-state index contributed by atoms with van der Waals surface area (Å²) in [5, 5.41) is 4.39. The number of rotatable bonds is 6. The number of morpholine rings is 1. The van der Waals surface area contributed by atoms with E-state index in [1.165, 1.54) is 0 Å². The van der Waals surface area contributed by atoms with Crippen LogP contribution in [0.2, 0.25) is 5.28 Å². The Balaban J connectivity index is 1.80. The van der Waals surface area contributed by atoms with Gasteiger partial charge in [-0.15, -0.1) is 0 Å². The van der Waals surface area contributed by atoms with Crippen LogP contribution in [0.25, 0.3) is 10.9 Å². The number of hydrogen-bond donors (Lipinski definition) is 1.